The van der Waals surface area contributed by atoms with Crippen LogP contribution in [0.1, 0.15) is 44.7 Å². The molecular formula is C19H29N3O3. The van der Waals surface area contributed by atoms with E-state index in [1.165, 1.54) is 5.56 Å². The Morgan fingerprint density at radius 2 is 1.92 bits per heavy atom. The summed E-state index contributed by atoms with van der Waals surface area (Å²) in [6, 6.07) is 7.97. The van der Waals surface area contributed by atoms with Crippen LogP contribution in [0.25, 0.3) is 0 Å². The maximum atomic E-state index is 12.0. The smallest absolute Gasteiger partial charge is 0.410 e. The van der Waals surface area contributed by atoms with Crippen LogP contribution in [0, 0.1) is 6.92 Å². The van der Waals surface area contributed by atoms with Gasteiger partial charge in [0.2, 0.25) is 0 Å². The van der Waals surface area contributed by atoms with Crippen molar-refractivity contribution in [3.05, 3.63) is 35.4 Å². The predicted octanol–water partition coefficient (Wildman–Crippen LogP) is 3.19. The number of rotatable bonds is 3. The average molecular weight is 347 g/mol. The fourth-order valence-corrected chi connectivity index (χ4v) is 2.77. The maximum Gasteiger partial charge on any atom is 0.410 e. The Bertz CT molecular complexity index is 602. The molecule has 2 N–H and O–H groups in total. The zero-order valence-electron chi connectivity index (χ0n) is 15.6. The second kappa shape index (κ2) is 8.23. The Morgan fingerprint density at radius 3 is 2.52 bits per heavy atom. The molecule has 1 fully saturated rings. The summed E-state index contributed by atoms with van der Waals surface area (Å²) >= 11 is 0. The molecule has 3 amide bonds. The molecule has 0 aliphatic carbocycles. The van der Waals surface area contributed by atoms with E-state index in [-0.39, 0.29) is 18.2 Å². The highest BCUT2D eigenvalue weighted by atomic mass is 16.6. The number of likely N-dealkylation sites (tertiary alicyclic amines) is 1. The SMILES string of the molecule is Cc1cccc(CNC(=O)NC2CCN(C(=O)OC(C)(C)C)CC2)c1. The minimum Gasteiger partial charge on any atom is -0.444 e. The van der Waals surface area contributed by atoms with Crippen molar-refractivity contribution in [3.8, 4) is 0 Å². The lowest BCUT2D eigenvalue weighted by Gasteiger charge is -2.33. The van der Waals surface area contributed by atoms with Crippen molar-refractivity contribution >= 4 is 12.1 Å². The number of piperidine rings is 1. The summed E-state index contributed by atoms with van der Waals surface area (Å²) in [5.74, 6) is 0. The van der Waals surface area contributed by atoms with Crippen molar-refractivity contribution < 1.29 is 14.3 Å². The Hall–Kier alpha value is -2.24. The van der Waals surface area contributed by atoms with Gasteiger partial charge in [-0.15, -0.1) is 0 Å². The molecule has 0 unspecified atom stereocenters. The molecule has 0 saturated carbocycles. The second-order valence-electron chi connectivity index (χ2n) is 7.56. The van der Waals surface area contributed by atoms with Crippen LogP contribution >= 0.6 is 0 Å². The molecule has 1 aromatic carbocycles. The molecule has 138 valence electrons. The molecule has 0 atom stereocenters. The fraction of sp³-hybridized carbons (Fsp3) is 0.579. The number of benzene rings is 1. The van der Waals surface area contributed by atoms with Crippen LogP contribution in [0.15, 0.2) is 24.3 Å². The van der Waals surface area contributed by atoms with Crippen molar-refractivity contribution in [2.45, 2.75) is 58.7 Å². The molecule has 0 bridgehead atoms. The van der Waals surface area contributed by atoms with E-state index in [9.17, 15) is 9.59 Å². The first-order valence-electron chi connectivity index (χ1n) is 8.81. The van der Waals surface area contributed by atoms with Gasteiger partial charge >= 0.3 is 12.1 Å². The van der Waals surface area contributed by atoms with E-state index in [4.69, 9.17) is 4.74 Å². The number of nitrogens with zero attached hydrogens (tertiary/aromatic N) is 1. The monoisotopic (exact) mass is 347 g/mol. The molecule has 0 aromatic heterocycles. The van der Waals surface area contributed by atoms with Crippen molar-refractivity contribution in [1.29, 1.82) is 0 Å². The Kier molecular flexibility index (Phi) is 6.28. The van der Waals surface area contributed by atoms with Gasteiger partial charge in [0.15, 0.2) is 0 Å². The van der Waals surface area contributed by atoms with Crippen LogP contribution < -0.4 is 10.6 Å². The third-order valence-corrected chi connectivity index (χ3v) is 4.02. The van der Waals surface area contributed by atoms with Gasteiger partial charge in [-0.3, -0.25) is 0 Å². The fourth-order valence-electron chi connectivity index (χ4n) is 2.77. The maximum absolute atomic E-state index is 12.0. The molecule has 1 saturated heterocycles. The molecule has 2 rings (SSSR count). The third kappa shape index (κ3) is 6.64. The molecule has 6 nitrogen and oxygen atoms in total. The van der Waals surface area contributed by atoms with Crippen molar-refractivity contribution in [2.75, 3.05) is 13.1 Å². The van der Waals surface area contributed by atoms with Crippen molar-refractivity contribution in [1.82, 2.24) is 15.5 Å². The largest absolute Gasteiger partial charge is 0.444 e. The highest BCUT2D eigenvalue weighted by Crippen LogP contribution is 2.15. The van der Waals surface area contributed by atoms with Gasteiger partial charge in [0.25, 0.3) is 0 Å². The van der Waals surface area contributed by atoms with Gasteiger partial charge in [-0.25, -0.2) is 9.59 Å². The molecule has 1 aliphatic rings. The number of amides is 3. The standard InChI is InChI=1S/C19H29N3O3/c1-14-6-5-7-15(12-14)13-20-17(23)21-16-8-10-22(11-9-16)18(24)25-19(2,3)4/h5-7,12,16H,8-11,13H2,1-4H3,(H2,20,21,23). The van der Waals surface area contributed by atoms with E-state index in [0.717, 1.165) is 18.4 Å². The lowest BCUT2D eigenvalue weighted by Crippen LogP contribution is -2.49. The van der Waals surface area contributed by atoms with E-state index >= 15 is 0 Å². The van der Waals surface area contributed by atoms with E-state index in [0.29, 0.717) is 19.6 Å². The summed E-state index contributed by atoms with van der Waals surface area (Å²) in [6.07, 6.45) is 1.18. The Balaban J connectivity index is 1.70. The molecule has 1 aromatic rings. The normalized spacial score (nSPS) is 15.6. The Morgan fingerprint density at radius 1 is 1.24 bits per heavy atom. The number of hydrogen-bond donors (Lipinski definition) is 2. The van der Waals surface area contributed by atoms with E-state index in [1.54, 1.807) is 4.90 Å². The number of urea groups is 1. The number of aryl methyl sites for hydroxylation is 1. The van der Waals surface area contributed by atoms with Crippen LogP contribution in [-0.2, 0) is 11.3 Å². The van der Waals surface area contributed by atoms with Gasteiger partial charge in [0.05, 0.1) is 0 Å². The third-order valence-electron chi connectivity index (χ3n) is 4.02. The number of nitrogens with one attached hydrogen (secondary N) is 2. The van der Waals surface area contributed by atoms with Gasteiger partial charge in [-0.05, 0) is 46.1 Å². The molecular weight excluding hydrogens is 318 g/mol. The van der Waals surface area contributed by atoms with Crippen LogP contribution in [0.2, 0.25) is 0 Å². The zero-order chi connectivity index (χ0) is 18.4. The highest BCUT2D eigenvalue weighted by molar-refractivity contribution is 5.74. The van der Waals surface area contributed by atoms with Crippen LogP contribution in [-0.4, -0.2) is 41.8 Å². The first kappa shape index (κ1) is 19.1. The van der Waals surface area contributed by atoms with E-state index in [2.05, 4.69) is 16.7 Å². The molecule has 1 heterocycles. The lowest BCUT2D eigenvalue weighted by molar-refractivity contribution is 0.0201. The van der Waals surface area contributed by atoms with Gasteiger partial charge < -0.3 is 20.3 Å². The second-order valence-corrected chi connectivity index (χ2v) is 7.56. The summed E-state index contributed by atoms with van der Waals surface area (Å²) in [5, 5.41) is 5.87. The summed E-state index contributed by atoms with van der Waals surface area (Å²) < 4.78 is 5.38. The molecule has 0 radical (unpaired) electrons. The van der Waals surface area contributed by atoms with Crippen LogP contribution in [0.3, 0.4) is 0 Å². The highest BCUT2D eigenvalue weighted by Gasteiger charge is 2.27. The van der Waals surface area contributed by atoms with Gasteiger partial charge in [0.1, 0.15) is 5.60 Å². The lowest BCUT2D eigenvalue weighted by atomic mass is 10.1. The number of hydrogen-bond acceptors (Lipinski definition) is 3. The zero-order valence-corrected chi connectivity index (χ0v) is 15.6. The summed E-state index contributed by atoms with van der Waals surface area (Å²) in [6.45, 7) is 9.30. The van der Waals surface area contributed by atoms with Gasteiger partial charge in [0, 0.05) is 25.7 Å². The number of carbonyl (C=O) groups is 2. The van der Waals surface area contributed by atoms with Crippen molar-refractivity contribution in [3.63, 3.8) is 0 Å². The molecule has 25 heavy (non-hydrogen) atoms. The number of carbonyl (C=O) groups excluding carboxylic acids is 2. The van der Waals surface area contributed by atoms with E-state index in [1.807, 2.05) is 45.9 Å². The van der Waals surface area contributed by atoms with E-state index < -0.39 is 5.60 Å². The minimum atomic E-state index is -0.484. The first-order valence-corrected chi connectivity index (χ1v) is 8.81. The quantitative estimate of drug-likeness (QED) is 0.882. The van der Waals surface area contributed by atoms with Crippen LogP contribution in [0.4, 0.5) is 9.59 Å². The van der Waals surface area contributed by atoms with Crippen LogP contribution in [0.5, 0.6) is 0 Å². The average Bonchev–Trinajstić information content (AvgIpc) is 2.52. The minimum absolute atomic E-state index is 0.0798. The molecule has 6 heteroatoms. The van der Waals surface area contributed by atoms with Crippen molar-refractivity contribution in [2.24, 2.45) is 0 Å². The van der Waals surface area contributed by atoms with Gasteiger partial charge in [-0.2, -0.15) is 0 Å². The van der Waals surface area contributed by atoms with Gasteiger partial charge in [-0.1, -0.05) is 29.8 Å². The Labute approximate surface area is 149 Å². The topological polar surface area (TPSA) is 70.7 Å². The number of ether oxygens (including phenoxy) is 1. The summed E-state index contributed by atoms with van der Waals surface area (Å²) in [5.41, 5.74) is 1.77. The summed E-state index contributed by atoms with van der Waals surface area (Å²) in [7, 11) is 0. The summed E-state index contributed by atoms with van der Waals surface area (Å²) in [4.78, 5) is 25.8. The molecule has 1 aliphatic heterocycles. The first-order chi connectivity index (χ1) is 11.7. The predicted molar refractivity (Wildman–Crippen MR) is 97.4 cm³/mol. The molecule has 0 spiro atoms.